The molecule has 0 aliphatic rings. The molecule has 0 amide bonds. The van der Waals surface area contributed by atoms with E-state index in [2.05, 4.69) is 15.3 Å². The number of nitrogens with one attached hydrogen (secondary N) is 1. The lowest BCUT2D eigenvalue weighted by atomic mass is 10.2. The molecule has 2 aromatic rings. The monoisotopic (exact) mass is 251 g/mol. The molecule has 5 nitrogen and oxygen atoms in total. The van der Waals surface area contributed by atoms with Gasteiger partial charge in [-0.15, -0.1) is 11.3 Å². The summed E-state index contributed by atoms with van der Waals surface area (Å²) in [6.45, 7) is 1.95. The second-order valence-electron chi connectivity index (χ2n) is 3.84. The van der Waals surface area contributed by atoms with Crippen LogP contribution < -0.4 is 5.32 Å². The molecule has 1 unspecified atom stereocenters. The number of aliphatic carboxylic acids is 1. The number of nitrogens with zero attached hydrogens (tertiary/aromatic N) is 2. The Kier molecular flexibility index (Phi) is 3.53. The Morgan fingerprint density at radius 1 is 1.59 bits per heavy atom. The highest BCUT2D eigenvalue weighted by Gasteiger charge is 2.09. The maximum absolute atomic E-state index is 10.5. The molecule has 17 heavy (non-hydrogen) atoms. The van der Waals surface area contributed by atoms with Crippen LogP contribution in [0.15, 0.2) is 17.8 Å². The van der Waals surface area contributed by atoms with Crippen LogP contribution in [0, 0.1) is 0 Å². The van der Waals surface area contributed by atoms with E-state index in [0.717, 1.165) is 16.0 Å². The van der Waals surface area contributed by atoms with Crippen LogP contribution in [0.2, 0.25) is 0 Å². The zero-order valence-corrected chi connectivity index (χ0v) is 10.2. The van der Waals surface area contributed by atoms with Gasteiger partial charge in [-0.2, -0.15) is 0 Å². The van der Waals surface area contributed by atoms with Gasteiger partial charge in [0, 0.05) is 12.5 Å². The van der Waals surface area contributed by atoms with Gasteiger partial charge in [-0.05, 0) is 24.8 Å². The first-order chi connectivity index (χ1) is 8.16. The summed E-state index contributed by atoms with van der Waals surface area (Å²) in [4.78, 5) is 19.8. The molecular formula is C11H13N3O2S. The minimum absolute atomic E-state index is 0.0732. The Labute approximate surface area is 103 Å². The van der Waals surface area contributed by atoms with Gasteiger partial charge in [0.15, 0.2) is 0 Å². The third kappa shape index (κ3) is 2.91. The molecule has 0 saturated heterocycles. The van der Waals surface area contributed by atoms with E-state index in [0.29, 0.717) is 6.42 Å². The number of aromatic nitrogens is 2. The third-order valence-corrected chi connectivity index (χ3v) is 3.26. The molecule has 0 aliphatic carbocycles. The first-order valence-electron chi connectivity index (χ1n) is 5.33. The summed E-state index contributed by atoms with van der Waals surface area (Å²) in [5, 5.41) is 14.8. The van der Waals surface area contributed by atoms with E-state index in [1.807, 2.05) is 18.4 Å². The molecule has 0 fully saturated rings. The summed E-state index contributed by atoms with van der Waals surface area (Å²) in [6, 6.07) is 2.04. The van der Waals surface area contributed by atoms with Gasteiger partial charge in [-0.3, -0.25) is 4.79 Å². The van der Waals surface area contributed by atoms with Gasteiger partial charge in [0.1, 0.15) is 17.0 Å². The van der Waals surface area contributed by atoms with Crippen LogP contribution in [-0.2, 0) is 4.79 Å². The number of fused-ring (bicyclic) bond motifs is 1. The lowest BCUT2D eigenvalue weighted by molar-refractivity contribution is -0.137. The number of hydrogen-bond donors (Lipinski definition) is 2. The van der Waals surface area contributed by atoms with Crippen LogP contribution in [0.4, 0.5) is 5.82 Å². The summed E-state index contributed by atoms with van der Waals surface area (Å²) in [5.41, 5.74) is 0. The maximum Gasteiger partial charge on any atom is 0.303 e. The second kappa shape index (κ2) is 5.09. The molecule has 0 spiro atoms. The summed E-state index contributed by atoms with van der Waals surface area (Å²) < 4.78 is 0. The summed E-state index contributed by atoms with van der Waals surface area (Å²) in [6.07, 6.45) is 2.25. The average Bonchev–Trinajstić information content (AvgIpc) is 2.75. The molecular weight excluding hydrogens is 238 g/mol. The number of carboxylic acids is 1. The molecule has 0 aromatic carbocycles. The molecule has 2 rings (SSSR count). The number of hydrogen-bond acceptors (Lipinski definition) is 5. The highest BCUT2D eigenvalue weighted by molar-refractivity contribution is 7.16. The van der Waals surface area contributed by atoms with E-state index in [-0.39, 0.29) is 12.5 Å². The minimum Gasteiger partial charge on any atom is -0.481 e. The third-order valence-electron chi connectivity index (χ3n) is 2.44. The Bertz CT molecular complexity index is 526. The fourth-order valence-electron chi connectivity index (χ4n) is 1.55. The van der Waals surface area contributed by atoms with Crippen molar-refractivity contribution in [2.75, 3.05) is 5.32 Å². The van der Waals surface area contributed by atoms with Gasteiger partial charge in [-0.1, -0.05) is 0 Å². The Hall–Kier alpha value is -1.69. The topological polar surface area (TPSA) is 75.1 Å². The van der Waals surface area contributed by atoms with Gasteiger partial charge >= 0.3 is 5.97 Å². The van der Waals surface area contributed by atoms with Crippen molar-refractivity contribution in [2.45, 2.75) is 25.8 Å². The van der Waals surface area contributed by atoms with Gasteiger partial charge in [-0.25, -0.2) is 9.97 Å². The summed E-state index contributed by atoms with van der Waals surface area (Å²) >= 11 is 1.56. The molecule has 0 radical (unpaired) electrons. The van der Waals surface area contributed by atoms with Crippen LogP contribution in [0.1, 0.15) is 19.8 Å². The number of rotatable bonds is 5. The SMILES string of the molecule is CC(CCC(=O)O)Nc1ncnc2sccc12. The molecule has 0 bridgehead atoms. The molecule has 0 aliphatic heterocycles. The Balaban J connectivity index is 2.07. The van der Waals surface area contributed by atoms with Crippen molar-refractivity contribution in [3.05, 3.63) is 17.8 Å². The first kappa shape index (κ1) is 11.8. The van der Waals surface area contributed by atoms with Gasteiger partial charge in [0.05, 0.1) is 5.39 Å². The predicted octanol–water partition coefficient (Wildman–Crippen LogP) is 2.36. The molecule has 1 atom stereocenters. The van der Waals surface area contributed by atoms with Crippen LogP contribution in [0.25, 0.3) is 10.2 Å². The zero-order valence-electron chi connectivity index (χ0n) is 9.38. The lowest BCUT2D eigenvalue weighted by Crippen LogP contribution is -2.17. The molecule has 2 N–H and O–H groups in total. The minimum atomic E-state index is -0.776. The Morgan fingerprint density at radius 2 is 2.41 bits per heavy atom. The number of anilines is 1. The van der Waals surface area contributed by atoms with Gasteiger partial charge < -0.3 is 10.4 Å². The van der Waals surface area contributed by atoms with Crippen molar-refractivity contribution in [1.29, 1.82) is 0 Å². The van der Waals surface area contributed by atoms with Gasteiger partial charge in [0.2, 0.25) is 0 Å². The largest absolute Gasteiger partial charge is 0.481 e. The van der Waals surface area contributed by atoms with Crippen LogP contribution in [-0.4, -0.2) is 27.1 Å². The van der Waals surface area contributed by atoms with E-state index in [1.54, 1.807) is 11.3 Å². The molecule has 2 heterocycles. The maximum atomic E-state index is 10.5. The van der Waals surface area contributed by atoms with E-state index in [1.165, 1.54) is 6.33 Å². The van der Waals surface area contributed by atoms with Crippen molar-refractivity contribution in [3.8, 4) is 0 Å². The number of carboxylic acid groups (broad SMARTS) is 1. The normalized spacial score (nSPS) is 12.5. The Morgan fingerprint density at radius 3 is 3.18 bits per heavy atom. The fourth-order valence-corrected chi connectivity index (χ4v) is 2.28. The van der Waals surface area contributed by atoms with E-state index in [9.17, 15) is 4.79 Å². The van der Waals surface area contributed by atoms with Crippen molar-refractivity contribution >= 4 is 33.3 Å². The van der Waals surface area contributed by atoms with Crippen LogP contribution >= 0.6 is 11.3 Å². The van der Waals surface area contributed by atoms with Crippen LogP contribution in [0.3, 0.4) is 0 Å². The predicted molar refractivity (Wildman–Crippen MR) is 67.4 cm³/mol. The van der Waals surface area contributed by atoms with E-state index < -0.39 is 5.97 Å². The standard InChI is InChI=1S/C11H13N3O2S/c1-7(2-3-9(15)16)14-10-8-4-5-17-11(8)13-6-12-10/h4-7H,2-3H2,1H3,(H,15,16)(H,12,13,14). The zero-order chi connectivity index (χ0) is 12.3. The number of carbonyl (C=O) groups is 1. The van der Waals surface area contributed by atoms with Crippen molar-refractivity contribution < 1.29 is 9.90 Å². The van der Waals surface area contributed by atoms with Crippen molar-refractivity contribution in [1.82, 2.24) is 9.97 Å². The molecule has 2 aromatic heterocycles. The van der Waals surface area contributed by atoms with Crippen LogP contribution in [0.5, 0.6) is 0 Å². The highest BCUT2D eigenvalue weighted by atomic mass is 32.1. The quantitative estimate of drug-likeness (QED) is 0.853. The molecule has 6 heteroatoms. The van der Waals surface area contributed by atoms with Crippen molar-refractivity contribution in [2.24, 2.45) is 0 Å². The number of thiophene rings is 1. The molecule has 0 saturated carbocycles. The first-order valence-corrected chi connectivity index (χ1v) is 6.21. The van der Waals surface area contributed by atoms with Gasteiger partial charge in [0.25, 0.3) is 0 Å². The lowest BCUT2D eigenvalue weighted by Gasteiger charge is -2.13. The fraction of sp³-hybridized carbons (Fsp3) is 0.364. The summed E-state index contributed by atoms with van der Waals surface area (Å²) in [5.74, 6) is -0.00356. The average molecular weight is 251 g/mol. The smallest absolute Gasteiger partial charge is 0.303 e. The van der Waals surface area contributed by atoms with Crippen molar-refractivity contribution in [3.63, 3.8) is 0 Å². The highest BCUT2D eigenvalue weighted by Crippen LogP contribution is 2.24. The summed E-state index contributed by atoms with van der Waals surface area (Å²) in [7, 11) is 0. The molecule has 90 valence electrons. The van der Waals surface area contributed by atoms with E-state index >= 15 is 0 Å². The second-order valence-corrected chi connectivity index (χ2v) is 4.73. The van der Waals surface area contributed by atoms with E-state index in [4.69, 9.17) is 5.11 Å².